The van der Waals surface area contributed by atoms with Gasteiger partial charge < -0.3 is 14.6 Å². The highest BCUT2D eigenvalue weighted by atomic mass is 32.2. The molecule has 0 radical (unpaired) electrons. The molecule has 0 unspecified atom stereocenters. The molecule has 7 nitrogen and oxygen atoms in total. The molecule has 0 fully saturated rings. The van der Waals surface area contributed by atoms with Crippen LogP contribution < -0.4 is 4.74 Å². The Balaban J connectivity index is 1.31. The molecule has 2 aromatic rings. The van der Waals surface area contributed by atoms with Crippen LogP contribution in [0.3, 0.4) is 0 Å². The number of rotatable bonds is 21. The van der Waals surface area contributed by atoms with Crippen LogP contribution in [0.25, 0.3) is 10.2 Å². The highest BCUT2D eigenvalue weighted by molar-refractivity contribution is 7.99. The lowest BCUT2D eigenvalue weighted by Crippen LogP contribution is -2.11. The molecule has 1 N–H and O–H groups in total. The molecule has 1 aromatic carbocycles. The van der Waals surface area contributed by atoms with Crippen molar-refractivity contribution in [3.63, 3.8) is 0 Å². The van der Waals surface area contributed by atoms with Gasteiger partial charge >= 0.3 is 12.1 Å². The van der Waals surface area contributed by atoms with Crippen LogP contribution in [0.4, 0.5) is 4.79 Å². The van der Waals surface area contributed by atoms with Crippen LogP contribution in [0.1, 0.15) is 101 Å². The zero-order valence-corrected chi connectivity index (χ0v) is 23.4. The van der Waals surface area contributed by atoms with Crippen LogP contribution in [0.2, 0.25) is 0 Å². The number of nitrogens with zero attached hydrogens (tertiary/aromatic N) is 2. The molecular formula is C28H40N2O5S2. The van der Waals surface area contributed by atoms with Crippen LogP contribution in [0, 0.1) is 11.3 Å². The maximum Gasteiger partial charge on any atom is 0.513 e. The van der Waals surface area contributed by atoms with Crippen molar-refractivity contribution in [2.75, 3.05) is 18.1 Å². The molecule has 0 saturated carbocycles. The van der Waals surface area contributed by atoms with Gasteiger partial charge in [-0.25, -0.2) is 9.78 Å². The zero-order chi connectivity index (χ0) is 26.6. The quantitative estimate of drug-likeness (QED) is 0.0941. The first-order chi connectivity index (χ1) is 18.1. The van der Waals surface area contributed by atoms with Crippen LogP contribution in [-0.2, 0) is 9.53 Å². The first-order valence-electron chi connectivity index (χ1n) is 13.5. The van der Waals surface area contributed by atoms with Crippen molar-refractivity contribution in [2.24, 2.45) is 0 Å². The largest absolute Gasteiger partial charge is 0.513 e. The summed E-state index contributed by atoms with van der Waals surface area (Å²) in [7, 11) is 0. The highest BCUT2D eigenvalue weighted by Crippen LogP contribution is 2.26. The lowest BCUT2D eigenvalue weighted by molar-refractivity contribution is -0.137. The van der Waals surface area contributed by atoms with Crippen LogP contribution >= 0.6 is 23.1 Å². The minimum absolute atomic E-state index is 0.312. The summed E-state index contributed by atoms with van der Waals surface area (Å²) in [6.45, 7) is 0.345. The minimum Gasteiger partial charge on any atom is -0.481 e. The lowest BCUT2D eigenvalue weighted by atomic mass is 10.0. The second-order valence-electron chi connectivity index (χ2n) is 9.17. The second kappa shape index (κ2) is 19.8. The predicted molar refractivity (Wildman–Crippen MR) is 151 cm³/mol. The number of nitriles is 1. The number of carbonyl (C=O) groups excluding carboxylic acids is 1. The maximum absolute atomic E-state index is 11.9. The molecule has 0 aliphatic heterocycles. The number of hydrogen-bond donors (Lipinski definition) is 1. The number of thiazole rings is 1. The number of carboxylic acid groups (broad SMARTS) is 1. The first-order valence-corrected chi connectivity index (χ1v) is 15.5. The Kier molecular flexibility index (Phi) is 16.5. The fourth-order valence-electron chi connectivity index (χ4n) is 3.99. The number of unbranched alkanes of at least 4 members (excludes halogenated alkanes) is 12. The smallest absolute Gasteiger partial charge is 0.481 e. The molecule has 1 aromatic heterocycles. The molecule has 0 amide bonds. The van der Waals surface area contributed by atoms with E-state index in [1.807, 2.05) is 17.8 Å². The topological polar surface area (TPSA) is 110 Å². The van der Waals surface area contributed by atoms with E-state index in [4.69, 9.17) is 19.8 Å². The molecule has 9 heteroatoms. The monoisotopic (exact) mass is 548 g/mol. The average Bonchev–Trinajstić information content (AvgIpc) is 3.30. The van der Waals surface area contributed by atoms with Crippen LogP contribution in [-0.4, -0.2) is 40.3 Å². The number of aliphatic carboxylic acids is 1. The molecule has 0 bridgehead atoms. The number of carboxylic acids is 1. The van der Waals surface area contributed by atoms with Gasteiger partial charge in [0.1, 0.15) is 11.8 Å². The van der Waals surface area contributed by atoms with E-state index >= 15 is 0 Å². The van der Waals surface area contributed by atoms with E-state index in [1.165, 1.54) is 82.0 Å². The van der Waals surface area contributed by atoms with E-state index in [9.17, 15) is 9.59 Å². The third-order valence-electron chi connectivity index (χ3n) is 5.99. The summed E-state index contributed by atoms with van der Waals surface area (Å²) in [5.74, 6) is 1.83. The number of benzene rings is 1. The summed E-state index contributed by atoms with van der Waals surface area (Å²) < 4.78 is 11.2. The number of thioether (sulfide) groups is 1. The summed E-state index contributed by atoms with van der Waals surface area (Å²) in [6, 6.07) is 7.09. The molecule has 2 rings (SSSR count). The Labute approximate surface area is 228 Å². The van der Waals surface area contributed by atoms with E-state index in [1.54, 1.807) is 18.2 Å². The van der Waals surface area contributed by atoms with Crippen molar-refractivity contribution in [1.29, 1.82) is 5.26 Å². The Morgan fingerprint density at radius 3 is 2.11 bits per heavy atom. The first kappa shape index (κ1) is 30.9. The minimum atomic E-state index is -0.706. The van der Waals surface area contributed by atoms with Crippen molar-refractivity contribution < 1.29 is 24.2 Å². The summed E-state index contributed by atoms with van der Waals surface area (Å²) in [4.78, 5) is 26.5. The third-order valence-corrected chi connectivity index (χ3v) is 8.07. The molecule has 0 spiro atoms. The second-order valence-corrected chi connectivity index (χ2v) is 11.4. The number of ether oxygens (including phenoxy) is 2. The number of hydrogen-bond acceptors (Lipinski definition) is 8. The van der Waals surface area contributed by atoms with Crippen molar-refractivity contribution in [3.05, 3.63) is 23.2 Å². The fourth-order valence-corrected chi connectivity index (χ4v) is 5.71. The molecule has 0 aliphatic rings. The average molecular weight is 549 g/mol. The van der Waals surface area contributed by atoms with Gasteiger partial charge in [0.25, 0.3) is 0 Å². The van der Waals surface area contributed by atoms with Crippen LogP contribution in [0.15, 0.2) is 18.2 Å². The SMILES string of the molecule is N#Cc1nc2ccc(OC(=O)OCCCSCCCCCCCCCCCCCCCC(=O)O)cc2s1. The molecule has 1 heterocycles. The van der Waals surface area contributed by atoms with Crippen molar-refractivity contribution >= 4 is 45.4 Å². The maximum atomic E-state index is 11.9. The Hall–Kier alpha value is -2.31. The van der Waals surface area contributed by atoms with E-state index < -0.39 is 12.1 Å². The van der Waals surface area contributed by atoms with E-state index in [-0.39, 0.29) is 0 Å². The van der Waals surface area contributed by atoms with Gasteiger partial charge in [-0.2, -0.15) is 17.0 Å². The standard InChI is InChI=1S/C28H40N2O5S2/c29-22-26-30-24-17-16-23(21-25(24)37-26)35-28(33)34-18-14-20-36-19-13-11-9-7-5-3-1-2-4-6-8-10-12-15-27(31)32/h16-17,21H,1-15,18-20H2,(H,31,32). The van der Waals surface area contributed by atoms with Crippen molar-refractivity contribution in [1.82, 2.24) is 4.98 Å². The van der Waals surface area contributed by atoms with Gasteiger partial charge in [-0.15, -0.1) is 11.3 Å². The summed E-state index contributed by atoms with van der Waals surface area (Å²) in [6.07, 6.45) is 16.4. The molecule has 204 valence electrons. The van der Waals surface area contributed by atoms with Gasteiger partial charge in [-0.05, 0) is 42.9 Å². The van der Waals surface area contributed by atoms with Gasteiger partial charge in [-0.1, -0.05) is 70.6 Å². The van der Waals surface area contributed by atoms with Gasteiger partial charge in [0.2, 0.25) is 0 Å². The van der Waals surface area contributed by atoms with Crippen molar-refractivity contribution in [2.45, 2.75) is 96.3 Å². The number of aromatic nitrogens is 1. The van der Waals surface area contributed by atoms with Crippen molar-refractivity contribution in [3.8, 4) is 11.8 Å². The lowest BCUT2D eigenvalue weighted by Gasteiger charge is -2.06. The van der Waals surface area contributed by atoms with E-state index in [0.29, 0.717) is 29.3 Å². The number of fused-ring (bicyclic) bond motifs is 1. The summed E-state index contributed by atoms with van der Waals surface area (Å²) >= 11 is 3.17. The summed E-state index contributed by atoms with van der Waals surface area (Å²) in [5.41, 5.74) is 0.713. The Bertz CT molecular complexity index is 973. The van der Waals surface area contributed by atoms with Gasteiger partial charge in [-0.3, -0.25) is 4.79 Å². The van der Waals surface area contributed by atoms with Gasteiger partial charge in [0.15, 0.2) is 5.01 Å². The van der Waals surface area contributed by atoms with E-state index in [2.05, 4.69) is 4.98 Å². The highest BCUT2D eigenvalue weighted by Gasteiger charge is 2.09. The van der Waals surface area contributed by atoms with Gasteiger partial charge in [0, 0.05) is 12.5 Å². The molecule has 0 saturated heterocycles. The fraction of sp³-hybridized carbons (Fsp3) is 0.643. The molecule has 0 aliphatic carbocycles. The molecular weight excluding hydrogens is 508 g/mol. The Morgan fingerprint density at radius 1 is 0.892 bits per heavy atom. The third kappa shape index (κ3) is 14.9. The Morgan fingerprint density at radius 2 is 1.49 bits per heavy atom. The van der Waals surface area contributed by atoms with E-state index in [0.717, 1.165) is 35.5 Å². The zero-order valence-electron chi connectivity index (χ0n) is 21.8. The summed E-state index contributed by atoms with van der Waals surface area (Å²) in [5, 5.41) is 17.9. The predicted octanol–water partition coefficient (Wildman–Crippen LogP) is 8.35. The number of carbonyl (C=O) groups is 2. The molecule has 0 atom stereocenters. The normalized spacial score (nSPS) is 10.9. The molecule has 37 heavy (non-hydrogen) atoms. The van der Waals surface area contributed by atoms with Crippen LogP contribution in [0.5, 0.6) is 5.75 Å². The van der Waals surface area contributed by atoms with Gasteiger partial charge in [0.05, 0.1) is 16.8 Å².